The first-order valence-electron chi connectivity index (χ1n) is 4.90. The van der Waals surface area contributed by atoms with Crippen LogP contribution in [0.15, 0.2) is 12.4 Å². The maximum Gasteiger partial charge on any atom is 0.308 e. The lowest BCUT2D eigenvalue weighted by Gasteiger charge is -2.15. The Kier molecular flexibility index (Phi) is 2.68. The molecule has 1 unspecified atom stereocenters. The molecule has 6 heteroatoms. The molecule has 2 heterocycles. The number of carboxylic acid groups (broad SMARTS) is 1. The van der Waals surface area contributed by atoms with Gasteiger partial charge in [0, 0.05) is 13.1 Å². The van der Waals surface area contributed by atoms with Gasteiger partial charge in [-0.25, -0.2) is 9.97 Å². The van der Waals surface area contributed by atoms with E-state index in [1.807, 2.05) is 11.0 Å². The van der Waals surface area contributed by atoms with Gasteiger partial charge in [0.2, 0.25) is 0 Å². The number of aromatic nitrogens is 2. The van der Waals surface area contributed by atoms with Gasteiger partial charge in [0.25, 0.3) is 0 Å². The van der Waals surface area contributed by atoms with Gasteiger partial charge in [-0.1, -0.05) is 0 Å². The van der Waals surface area contributed by atoms with Crippen molar-refractivity contribution in [1.29, 1.82) is 5.26 Å². The van der Waals surface area contributed by atoms with E-state index in [9.17, 15) is 4.79 Å². The van der Waals surface area contributed by atoms with E-state index in [1.54, 1.807) is 0 Å². The van der Waals surface area contributed by atoms with Crippen molar-refractivity contribution in [3.8, 4) is 6.07 Å². The Bertz CT molecular complexity index is 437. The Balaban J connectivity index is 2.09. The predicted molar refractivity (Wildman–Crippen MR) is 54.7 cm³/mol. The molecule has 0 amide bonds. The molecular formula is C10H10N4O2. The van der Waals surface area contributed by atoms with Crippen LogP contribution in [-0.4, -0.2) is 34.1 Å². The summed E-state index contributed by atoms with van der Waals surface area (Å²) in [6.45, 7) is 1.12. The van der Waals surface area contributed by atoms with Crippen LogP contribution >= 0.6 is 0 Å². The number of aliphatic carboxylic acids is 1. The third-order valence-electron chi connectivity index (χ3n) is 2.61. The van der Waals surface area contributed by atoms with E-state index in [1.165, 1.54) is 12.4 Å². The second-order valence-electron chi connectivity index (χ2n) is 3.64. The molecule has 0 aromatic carbocycles. The van der Waals surface area contributed by atoms with E-state index in [4.69, 9.17) is 10.4 Å². The molecule has 1 fully saturated rings. The molecule has 1 aromatic rings. The zero-order chi connectivity index (χ0) is 11.5. The molecule has 1 aliphatic rings. The summed E-state index contributed by atoms with van der Waals surface area (Å²) >= 11 is 0. The summed E-state index contributed by atoms with van der Waals surface area (Å²) in [5.41, 5.74) is 0.262. The van der Waals surface area contributed by atoms with Crippen molar-refractivity contribution in [2.45, 2.75) is 6.42 Å². The van der Waals surface area contributed by atoms with Crippen LogP contribution in [0.1, 0.15) is 12.1 Å². The molecule has 6 nitrogen and oxygen atoms in total. The van der Waals surface area contributed by atoms with Crippen LogP contribution in [0.2, 0.25) is 0 Å². The van der Waals surface area contributed by atoms with Crippen LogP contribution in [0.3, 0.4) is 0 Å². The summed E-state index contributed by atoms with van der Waals surface area (Å²) in [4.78, 5) is 20.6. The number of hydrogen-bond donors (Lipinski definition) is 1. The highest BCUT2D eigenvalue weighted by Gasteiger charge is 2.28. The van der Waals surface area contributed by atoms with Crippen molar-refractivity contribution in [3.63, 3.8) is 0 Å². The van der Waals surface area contributed by atoms with Gasteiger partial charge >= 0.3 is 5.97 Å². The van der Waals surface area contributed by atoms with Gasteiger partial charge in [0.05, 0.1) is 18.3 Å². The first kappa shape index (κ1) is 10.4. The highest BCUT2D eigenvalue weighted by molar-refractivity contribution is 5.71. The topological polar surface area (TPSA) is 90.1 Å². The van der Waals surface area contributed by atoms with Crippen molar-refractivity contribution < 1.29 is 9.90 Å². The van der Waals surface area contributed by atoms with Crippen molar-refractivity contribution in [3.05, 3.63) is 18.1 Å². The van der Waals surface area contributed by atoms with Crippen LogP contribution < -0.4 is 4.90 Å². The maximum atomic E-state index is 10.8. The summed E-state index contributed by atoms with van der Waals surface area (Å²) in [6.07, 6.45) is 3.52. The summed E-state index contributed by atoms with van der Waals surface area (Å²) in [6, 6.07) is 1.89. The summed E-state index contributed by atoms with van der Waals surface area (Å²) in [5.74, 6) is -0.482. The third kappa shape index (κ3) is 1.93. The van der Waals surface area contributed by atoms with E-state index in [0.717, 1.165) is 0 Å². The van der Waals surface area contributed by atoms with Crippen molar-refractivity contribution >= 4 is 11.8 Å². The minimum atomic E-state index is -0.774. The number of nitrogens with zero attached hydrogens (tertiary/aromatic N) is 4. The van der Waals surface area contributed by atoms with Crippen molar-refractivity contribution in [1.82, 2.24) is 9.97 Å². The molecule has 2 rings (SSSR count). The molecular weight excluding hydrogens is 208 g/mol. The van der Waals surface area contributed by atoms with E-state index >= 15 is 0 Å². The molecule has 16 heavy (non-hydrogen) atoms. The Morgan fingerprint density at radius 2 is 2.38 bits per heavy atom. The first-order chi connectivity index (χ1) is 7.70. The van der Waals surface area contributed by atoms with Gasteiger partial charge in [-0.3, -0.25) is 4.79 Å². The van der Waals surface area contributed by atoms with Crippen molar-refractivity contribution in [2.24, 2.45) is 5.92 Å². The Labute approximate surface area is 92.2 Å². The van der Waals surface area contributed by atoms with Crippen LogP contribution in [0.5, 0.6) is 0 Å². The lowest BCUT2D eigenvalue weighted by Crippen LogP contribution is -2.23. The molecule has 1 atom stereocenters. The van der Waals surface area contributed by atoms with Gasteiger partial charge in [0.15, 0.2) is 5.69 Å². The second kappa shape index (κ2) is 4.14. The molecule has 1 saturated heterocycles. The maximum absolute atomic E-state index is 10.8. The van der Waals surface area contributed by atoms with E-state index in [0.29, 0.717) is 25.3 Å². The first-order valence-corrected chi connectivity index (χ1v) is 4.90. The quantitative estimate of drug-likeness (QED) is 0.765. The number of carboxylic acids is 1. The fourth-order valence-electron chi connectivity index (χ4n) is 1.71. The highest BCUT2D eigenvalue weighted by atomic mass is 16.4. The largest absolute Gasteiger partial charge is 0.481 e. The molecule has 1 N–H and O–H groups in total. The number of carbonyl (C=O) groups is 1. The van der Waals surface area contributed by atoms with Gasteiger partial charge in [-0.15, -0.1) is 0 Å². The highest BCUT2D eigenvalue weighted by Crippen LogP contribution is 2.21. The molecule has 0 spiro atoms. The minimum Gasteiger partial charge on any atom is -0.481 e. The average Bonchev–Trinajstić information content (AvgIpc) is 2.78. The molecule has 0 saturated carbocycles. The number of rotatable bonds is 2. The molecule has 0 bridgehead atoms. The van der Waals surface area contributed by atoms with Crippen molar-refractivity contribution in [2.75, 3.05) is 18.0 Å². The van der Waals surface area contributed by atoms with Crippen LogP contribution in [-0.2, 0) is 4.79 Å². The fourth-order valence-corrected chi connectivity index (χ4v) is 1.71. The van der Waals surface area contributed by atoms with Gasteiger partial charge < -0.3 is 10.0 Å². The second-order valence-corrected chi connectivity index (χ2v) is 3.64. The predicted octanol–water partition coefficient (Wildman–Crippen LogP) is 0.259. The lowest BCUT2D eigenvalue weighted by atomic mass is 10.1. The van der Waals surface area contributed by atoms with Crippen LogP contribution in [0.25, 0.3) is 0 Å². The summed E-state index contributed by atoms with van der Waals surface area (Å²) < 4.78 is 0. The van der Waals surface area contributed by atoms with Gasteiger partial charge in [0.1, 0.15) is 11.9 Å². The van der Waals surface area contributed by atoms with E-state index in [2.05, 4.69) is 9.97 Å². The lowest BCUT2D eigenvalue weighted by molar-refractivity contribution is -0.140. The average molecular weight is 218 g/mol. The van der Waals surface area contributed by atoms with Gasteiger partial charge in [-0.2, -0.15) is 5.26 Å². The third-order valence-corrected chi connectivity index (χ3v) is 2.61. The Hall–Kier alpha value is -2.16. The normalized spacial score (nSPS) is 19.4. The summed E-state index contributed by atoms with van der Waals surface area (Å²) in [5, 5.41) is 17.4. The fraction of sp³-hybridized carbons (Fsp3) is 0.400. The SMILES string of the molecule is N#Cc1cnc(N2CCC(C(=O)O)C2)cn1. The smallest absolute Gasteiger partial charge is 0.308 e. The van der Waals surface area contributed by atoms with E-state index < -0.39 is 5.97 Å². The number of hydrogen-bond acceptors (Lipinski definition) is 5. The number of anilines is 1. The minimum absolute atomic E-state index is 0.262. The Morgan fingerprint density at radius 1 is 1.56 bits per heavy atom. The van der Waals surface area contributed by atoms with Crippen LogP contribution in [0.4, 0.5) is 5.82 Å². The summed E-state index contributed by atoms with van der Waals surface area (Å²) in [7, 11) is 0. The molecule has 1 aromatic heterocycles. The molecule has 0 aliphatic carbocycles. The zero-order valence-electron chi connectivity index (χ0n) is 8.50. The standard InChI is InChI=1S/C10H10N4O2/c11-3-8-4-13-9(5-12-8)14-2-1-7(6-14)10(15)16/h4-5,7H,1-2,6H2,(H,15,16). The molecule has 0 radical (unpaired) electrons. The zero-order valence-corrected chi connectivity index (χ0v) is 8.50. The Morgan fingerprint density at radius 3 is 2.88 bits per heavy atom. The molecule has 1 aliphatic heterocycles. The monoisotopic (exact) mass is 218 g/mol. The van der Waals surface area contributed by atoms with E-state index in [-0.39, 0.29) is 11.6 Å². The van der Waals surface area contributed by atoms with Crippen LogP contribution in [0, 0.1) is 17.2 Å². The van der Waals surface area contributed by atoms with Gasteiger partial charge in [-0.05, 0) is 6.42 Å². The number of nitriles is 1. The molecule has 82 valence electrons.